The molecule has 114 valence electrons. The largest absolute Gasteiger partial charge is 0.363 e. The van der Waals surface area contributed by atoms with Gasteiger partial charge < -0.3 is 9.88 Å². The Kier molecular flexibility index (Phi) is 7.34. The zero-order valence-electron chi connectivity index (χ0n) is 13.4. The first-order valence-electron chi connectivity index (χ1n) is 7.86. The normalized spacial score (nSPS) is 12.7. The standard InChI is InChI=1S/C16H29N3O/c1-5-6-7-8-9-14(4)18-15-16(20)19(11-10-17-15)12-13(2)3/h10-11,13-14H,5-9,12H2,1-4H3,(H,17,18). The summed E-state index contributed by atoms with van der Waals surface area (Å²) in [5, 5.41) is 3.26. The molecule has 1 unspecified atom stereocenters. The van der Waals surface area contributed by atoms with Crippen LogP contribution in [0.5, 0.6) is 0 Å². The summed E-state index contributed by atoms with van der Waals surface area (Å²) in [5.74, 6) is 0.936. The van der Waals surface area contributed by atoms with Gasteiger partial charge in [0.1, 0.15) is 0 Å². The number of nitrogens with zero attached hydrogens (tertiary/aromatic N) is 2. The number of aromatic nitrogens is 2. The molecule has 1 aromatic rings. The fourth-order valence-electron chi connectivity index (χ4n) is 2.27. The predicted molar refractivity (Wildman–Crippen MR) is 85.2 cm³/mol. The van der Waals surface area contributed by atoms with Crippen LogP contribution in [0.3, 0.4) is 0 Å². The Hall–Kier alpha value is -1.32. The fourth-order valence-corrected chi connectivity index (χ4v) is 2.27. The molecule has 20 heavy (non-hydrogen) atoms. The van der Waals surface area contributed by atoms with Gasteiger partial charge in [-0.1, -0.05) is 46.5 Å². The molecule has 1 heterocycles. The second kappa shape index (κ2) is 8.77. The molecule has 0 aliphatic rings. The second-order valence-corrected chi connectivity index (χ2v) is 6.02. The van der Waals surface area contributed by atoms with Gasteiger partial charge in [-0.15, -0.1) is 0 Å². The molecule has 0 spiro atoms. The lowest BCUT2D eigenvalue weighted by molar-refractivity contribution is 0.508. The molecule has 0 bridgehead atoms. The third-order valence-electron chi connectivity index (χ3n) is 3.35. The Labute approximate surface area is 122 Å². The quantitative estimate of drug-likeness (QED) is 0.702. The molecule has 1 atom stereocenters. The molecule has 0 aliphatic carbocycles. The average molecular weight is 279 g/mol. The van der Waals surface area contributed by atoms with E-state index < -0.39 is 0 Å². The van der Waals surface area contributed by atoms with Gasteiger partial charge in [0.05, 0.1) is 0 Å². The minimum atomic E-state index is -0.0124. The van der Waals surface area contributed by atoms with Crippen LogP contribution in [0.2, 0.25) is 0 Å². The van der Waals surface area contributed by atoms with Crippen LogP contribution in [0.1, 0.15) is 59.8 Å². The van der Waals surface area contributed by atoms with E-state index in [1.54, 1.807) is 17.0 Å². The maximum atomic E-state index is 12.3. The summed E-state index contributed by atoms with van der Waals surface area (Å²) in [7, 11) is 0. The minimum Gasteiger partial charge on any atom is -0.363 e. The fraction of sp³-hybridized carbons (Fsp3) is 0.750. The van der Waals surface area contributed by atoms with Gasteiger partial charge in [-0.2, -0.15) is 0 Å². The smallest absolute Gasteiger partial charge is 0.293 e. The molecule has 0 saturated heterocycles. The van der Waals surface area contributed by atoms with Crippen molar-refractivity contribution in [2.24, 2.45) is 5.92 Å². The zero-order chi connectivity index (χ0) is 15.0. The lowest BCUT2D eigenvalue weighted by Crippen LogP contribution is -2.28. The van der Waals surface area contributed by atoms with Gasteiger partial charge in [0.25, 0.3) is 5.56 Å². The molecule has 1 N–H and O–H groups in total. The first-order chi connectivity index (χ1) is 9.54. The van der Waals surface area contributed by atoms with Crippen LogP contribution in [0, 0.1) is 5.92 Å². The number of rotatable bonds is 9. The molecular weight excluding hydrogens is 250 g/mol. The van der Waals surface area contributed by atoms with E-state index >= 15 is 0 Å². The summed E-state index contributed by atoms with van der Waals surface area (Å²) in [6, 6.07) is 0.293. The number of hydrogen-bond acceptors (Lipinski definition) is 3. The molecule has 0 saturated carbocycles. The first-order valence-corrected chi connectivity index (χ1v) is 7.86. The molecule has 4 nitrogen and oxygen atoms in total. The van der Waals surface area contributed by atoms with Crippen LogP contribution in [0.15, 0.2) is 17.2 Å². The van der Waals surface area contributed by atoms with Gasteiger partial charge >= 0.3 is 0 Å². The first kappa shape index (κ1) is 16.7. The Morgan fingerprint density at radius 2 is 2.00 bits per heavy atom. The zero-order valence-corrected chi connectivity index (χ0v) is 13.4. The van der Waals surface area contributed by atoms with Crippen LogP contribution >= 0.6 is 0 Å². The number of anilines is 1. The van der Waals surface area contributed by atoms with Crippen molar-refractivity contribution < 1.29 is 0 Å². The van der Waals surface area contributed by atoms with Gasteiger partial charge in [0.15, 0.2) is 5.82 Å². The van der Waals surface area contributed by atoms with Crippen LogP contribution in [-0.2, 0) is 6.54 Å². The van der Waals surface area contributed by atoms with E-state index in [0.29, 0.717) is 17.8 Å². The summed E-state index contributed by atoms with van der Waals surface area (Å²) in [5.41, 5.74) is -0.0124. The van der Waals surface area contributed by atoms with E-state index in [2.05, 4.69) is 38.0 Å². The highest BCUT2D eigenvalue weighted by atomic mass is 16.1. The molecular formula is C16H29N3O. The molecule has 0 amide bonds. The highest BCUT2D eigenvalue weighted by Crippen LogP contribution is 2.08. The van der Waals surface area contributed by atoms with Crippen LogP contribution in [-0.4, -0.2) is 15.6 Å². The van der Waals surface area contributed by atoms with E-state index in [-0.39, 0.29) is 5.56 Å². The van der Waals surface area contributed by atoms with E-state index in [4.69, 9.17) is 0 Å². The topological polar surface area (TPSA) is 46.9 Å². The molecule has 1 aromatic heterocycles. The van der Waals surface area contributed by atoms with Crippen molar-refractivity contribution in [2.75, 3.05) is 5.32 Å². The Bertz CT molecular complexity index is 440. The SMILES string of the molecule is CCCCCCC(C)Nc1nccn(CC(C)C)c1=O. The van der Waals surface area contributed by atoms with Crippen LogP contribution in [0.4, 0.5) is 5.82 Å². The van der Waals surface area contributed by atoms with Gasteiger partial charge in [0, 0.05) is 25.0 Å². The Balaban J connectivity index is 2.56. The van der Waals surface area contributed by atoms with Crippen LogP contribution < -0.4 is 10.9 Å². The molecule has 0 radical (unpaired) electrons. The van der Waals surface area contributed by atoms with Crippen molar-refractivity contribution in [3.05, 3.63) is 22.7 Å². The number of unbranched alkanes of at least 4 members (excludes halogenated alkanes) is 3. The maximum Gasteiger partial charge on any atom is 0.293 e. The van der Waals surface area contributed by atoms with Crippen molar-refractivity contribution in [1.82, 2.24) is 9.55 Å². The Morgan fingerprint density at radius 3 is 2.65 bits per heavy atom. The van der Waals surface area contributed by atoms with Crippen molar-refractivity contribution in [3.63, 3.8) is 0 Å². The van der Waals surface area contributed by atoms with Gasteiger partial charge in [0.2, 0.25) is 0 Å². The Morgan fingerprint density at radius 1 is 1.25 bits per heavy atom. The van der Waals surface area contributed by atoms with Crippen molar-refractivity contribution in [3.8, 4) is 0 Å². The third-order valence-corrected chi connectivity index (χ3v) is 3.35. The van der Waals surface area contributed by atoms with E-state index in [9.17, 15) is 4.79 Å². The lowest BCUT2D eigenvalue weighted by atomic mass is 10.1. The minimum absolute atomic E-state index is 0.0124. The van der Waals surface area contributed by atoms with Crippen molar-refractivity contribution in [2.45, 2.75) is 72.4 Å². The van der Waals surface area contributed by atoms with Crippen LogP contribution in [0.25, 0.3) is 0 Å². The molecule has 0 fully saturated rings. The molecule has 4 heteroatoms. The molecule has 1 rings (SSSR count). The third kappa shape index (κ3) is 5.76. The summed E-state index contributed by atoms with van der Waals surface area (Å²) in [6.45, 7) is 9.28. The number of hydrogen-bond donors (Lipinski definition) is 1. The lowest BCUT2D eigenvalue weighted by Gasteiger charge is -2.15. The molecule has 0 aromatic carbocycles. The second-order valence-electron chi connectivity index (χ2n) is 6.02. The highest BCUT2D eigenvalue weighted by Gasteiger charge is 2.09. The summed E-state index contributed by atoms with van der Waals surface area (Å²) >= 11 is 0. The van der Waals surface area contributed by atoms with E-state index in [1.807, 2.05) is 0 Å². The maximum absolute atomic E-state index is 12.3. The van der Waals surface area contributed by atoms with E-state index in [1.165, 1.54) is 25.7 Å². The van der Waals surface area contributed by atoms with Crippen molar-refractivity contribution >= 4 is 5.82 Å². The summed E-state index contributed by atoms with van der Waals surface area (Å²) in [6.07, 6.45) is 9.56. The predicted octanol–water partition coefficient (Wildman–Crippen LogP) is 3.67. The van der Waals surface area contributed by atoms with Gasteiger partial charge in [-0.25, -0.2) is 4.98 Å². The monoisotopic (exact) mass is 279 g/mol. The van der Waals surface area contributed by atoms with Gasteiger partial charge in [-0.05, 0) is 19.3 Å². The highest BCUT2D eigenvalue weighted by molar-refractivity contribution is 5.31. The number of nitrogens with one attached hydrogen (secondary N) is 1. The molecule has 0 aliphatic heterocycles. The van der Waals surface area contributed by atoms with E-state index in [0.717, 1.165) is 13.0 Å². The summed E-state index contributed by atoms with van der Waals surface area (Å²) in [4.78, 5) is 16.4. The average Bonchev–Trinajstić information content (AvgIpc) is 2.39. The van der Waals surface area contributed by atoms with Crippen molar-refractivity contribution in [1.29, 1.82) is 0 Å². The van der Waals surface area contributed by atoms with Gasteiger partial charge in [-0.3, -0.25) is 4.79 Å². The summed E-state index contributed by atoms with van der Waals surface area (Å²) < 4.78 is 1.74.